The second-order valence-corrected chi connectivity index (χ2v) is 7.71. The van der Waals surface area contributed by atoms with Gasteiger partial charge in [-0.1, -0.05) is 24.6 Å². The predicted molar refractivity (Wildman–Crippen MR) is 115 cm³/mol. The number of nitrogens with one attached hydrogen (secondary N) is 1. The van der Waals surface area contributed by atoms with Gasteiger partial charge in [0.15, 0.2) is 5.65 Å². The predicted octanol–water partition coefficient (Wildman–Crippen LogP) is 3.17. The molecule has 0 atom stereocenters. The van der Waals surface area contributed by atoms with Gasteiger partial charge in [0.2, 0.25) is 17.5 Å². The third-order valence-corrected chi connectivity index (χ3v) is 5.25. The van der Waals surface area contributed by atoms with Crippen LogP contribution in [0.15, 0.2) is 38.5 Å². The molecule has 4 rings (SSSR count). The van der Waals surface area contributed by atoms with Crippen molar-refractivity contribution < 1.29 is 17.7 Å². The lowest BCUT2D eigenvalue weighted by Crippen LogP contribution is -2.40. The molecule has 0 saturated heterocycles. The summed E-state index contributed by atoms with van der Waals surface area (Å²) < 4.78 is 46.7. The summed E-state index contributed by atoms with van der Waals surface area (Å²) in [4.78, 5) is 39.7. The topological polar surface area (TPSA) is 124 Å². The highest BCUT2D eigenvalue weighted by molar-refractivity contribution is 5.70. The lowest BCUT2D eigenvalue weighted by molar-refractivity contribution is -0.144. The summed E-state index contributed by atoms with van der Waals surface area (Å²) >= 11 is 0. The van der Waals surface area contributed by atoms with Crippen molar-refractivity contribution in [1.29, 1.82) is 0 Å². The van der Waals surface area contributed by atoms with E-state index in [4.69, 9.17) is 4.52 Å². The lowest BCUT2D eigenvalue weighted by Gasteiger charge is -2.10. The summed E-state index contributed by atoms with van der Waals surface area (Å²) in [5, 5.41) is 3.89. The van der Waals surface area contributed by atoms with E-state index in [1.165, 1.54) is 0 Å². The molecule has 4 aromatic rings. The van der Waals surface area contributed by atoms with Crippen molar-refractivity contribution in [2.24, 2.45) is 0 Å². The standard InChI is InChI=1S/C21H22F3N7O3/c1-2-3-11-30-17-15(27-19(28-17)21(22,23)24)18(32)31(20(30)33)12-7-5-9-14-26-16(29-34-14)13-8-4-6-10-25-13/h4,6,8,10H,2-3,5,7,9,11-12H2,1H3,(H,27,28). The first-order valence-corrected chi connectivity index (χ1v) is 10.8. The molecule has 34 heavy (non-hydrogen) atoms. The molecular formula is C21H22F3N7O3. The van der Waals surface area contributed by atoms with Gasteiger partial charge in [0.25, 0.3) is 5.56 Å². The fraction of sp³-hybridized carbons (Fsp3) is 0.429. The van der Waals surface area contributed by atoms with E-state index in [0.717, 1.165) is 9.13 Å². The Labute approximate surface area is 190 Å². The number of rotatable bonds is 9. The van der Waals surface area contributed by atoms with E-state index in [9.17, 15) is 22.8 Å². The SMILES string of the molecule is CCCCn1c(=O)n(CCCCc2nc(-c3ccccn3)no2)c(=O)c2[nH]c(C(F)(F)F)nc21. The molecule has 0 aromatic carbocycles. The highest BCUT2D eigenvalue weighted by Gasteiger charge is 2.36. The molecule has 180 valence electrons. The maximum absolute atomic E-state index is 13.1. The Hall–Kier alpha value is -3.77. The first-order chi connectivity index (χ1) is 16.3. The number of unbranched alkanes of at least 4 members (excludes halogenated alkanes) is 2. The van der Waals surface area contributed by atoms with Gasteiger partial charge in [0.05, 0.1) is 0 Å². The Bertz CT molecular complexity index is 1390. The van der Waals surface area contributed by atoms with E-state index < -0.39 is 23.2 Å². The number of imidazole rings is 1. The highest BCUT2D eigenvalue weighted by Crippen LogP contribution is 2.27. The van der Waals surface area contributed by atoms with Gasteiger partial charge >= 0.3 is 11.9 Å². The zero-order valence-corrected chi connectivity index (χ0v) is 18.3. The van der Waals surface area contributed by atoms with Crippen molar-refractivity contribution in [1.82, 2.24) is 34.2 Å². The number of pyridine rings is 1. The molecule has 0 aliphatic carbocycles. The molecule has 10 nitrogen and oxygen atoms in total. The van der Waals surface area contributed by atoms with Crippen molar-refractivity contribution >= 4 is 11.2 Å². The van der Waals surface area contributed by atoms with Crippen molar-refractivity contribution in [3.8, 4) is 11.5 Å². The van der Waals surface area contributed by atoms with Gasteiger partial charge in [-0.2, -0.15) is 18.2 Å². The van der Waals surface area contributed by atoms with Crippen LogP contribution in [0.5, 0.6) is 0 Å². The van der Waals surface area contributed by atoms with E-state index >= 15 is 0 Å². The van der Waals surface area contributed by atoms with Crippen molar-refractivity contribution in [3.05, 3.63) is 56.9 Å². The van der Waals surface area contributed by atoms with Crippen molar-refractivity contribution in [3.63, 3.8) is 0 Å². The maximum Gasteiger partial charge on any atom is 0.449 e. The van der Waals surface area contributed by atoms with E-state index in [1.54, 1.807) is 24.4 Å². The Kier molecular flexibility index (Phi) is 6.61. The molecule has 1 N–H and O–H groups in total. The minimum absolute atomic E-state index is 0.0291. The Morgan fingerprint density at radius 3 is 2.56 bits per heavy atom. The average molecular weight is 477 g/mol. The second kappa shape index (κ2) is 9.61. The molecule has 0 unspecified atom stereocenters. The molecule has 13 heteroatoms. The van der Waals surface area contributed by atoms with Crippen LogP contribution in [0.4, 0.5) is 13.2 Å². The third-order valence-electron chi connectivity index (χ3n) is 5.25. The number of nitrogens with zero attached hydrogens (tertiary/aromatic N) is 6. The van der Waals surface area contributed by atoms with Crippen LogP contribution in [0, 0.1) is 0 Å². The number of hydrogen-bond acceptors (Lipinski definition) is 7. The van der Waals surface area contributed by atoms with Crippen LogP contribution in [0.2, 0.25) is 0 Å². The van der Waals surface area contributed by atoms with Gasteiger partial charge < -0.3 is 9.51 Å². The van der Waals surface area contributed by atoms with E-state index in [0.29, 0.717) is 49.5 Å². The van der Waals surface area contributed by atoms with Crippen LogP contribution in [0.25, 0.3) is 22.7 Å². The van der Waals surface area contributed by atoms with E-state index in [1.807, 2.05) is 6.92 Å². The molecule has 0 radical (unpaired) electrons. The van der Waals surface area contributed by atoms with Crippen LogP contribution in [0.3, 0.4) is 0 Å². The normalized spacial score (nSPS) is 12.0. The number of halogens is 3. The van der Waals surface area contributed by atoms with Crippen LogP contribution in [0.1, 0.15) is 44.3 Å². The van der Waals surface area contributed by atoms with Crippen molar-refractivity contribution in [2.45, 2.75) is 58.3 Å². The third kappa shape index (κ3) is 4.77. The second-order valence-electron chi connectivity index (χ2n) is 7.71. The minimum atomic E-state index is -4.76. The zero-order valence-electron chi connectivity index (χ0n) is 18.3. The van der Waals surface area contributed by atoms with Crippen molar-refractivity contribution in [2.75, 3.05) is 0 Å². The molecule has 0 aliphatic heterocycles. The highest BCUT2D eigenvalue weighted by atomic mass is 19.4. The Balaban J connectivity index is 1.52. The average Bonchev–Trinajstić information content (AvgIpc) is 3.47. The minimum Gasteiger partial charge on any atom is -0.339 e. The first-order valence-electron chi connectivity index (χ1n) is 10.8. The van der Waals surface area contributed by atoms with Gasteiger partial charge in [-0.3, -0.25) is 18.9 Å². The molecule has 0 fully saturated rings. The fourth-order valence-electron chi connectivity index (χ4n) is 3.52. The smallest absolute Gasteiger partial charge is 0.339 e. The van der Waals surface area contributed by atoms with Crippen LogP contribution >= 0.6 is 0 Å². The molecule has 0 saturated carbocycles. The summed E-state index contributed by atoms with van der Waals surface area (Å²) in [5.74, 6) is -0.565. The molecule has 4 heterocycles. The molecule has 4 aromatic heterocycles. The van der Waals surface area contributed by atoms with Gasteiger partial charge in [-0.05, 0) is 31.4 Å². The molecule has 0 bridgehead atoms. The van der Waals surface area contributed by atoms with Gasteiger partial charge in [0, 0.05) is 25.7 Å². The molecule has 0 amide bonds. The molecular weight excluding hydrogens is 455 g/mol. The molecule has 0 aliphatic rings. The summed E-state index contributed by atoms with van der Waals surface area (Å²) in [5.41, 5.74) is -1.55. The van der Waals surface area contributed by atoms with Gasteiger partial charge in [-0.25, -0.2) is 9.78 Å². The number of H-pyrrole nitrogens is 1. The van der Waals surface area contributed by atoms with Crippen LogP contribution < -0.4 is 11.2 Å². The molecule has 0 spiro atoms. The van der Waals surface area contributed by atoms with Gasteiger partial charge in [0.1, 0.15) is 11.2 Å². The number of aryl methyl sites for hydroxylation is 2. The first kappa shape index (κ1) is 23.4. The van der Waals surface area contributed by atoms with Crippen LogP contribution in [-0.2, 0) is 25.7 Å². The summed E-state index contributed by atoms with van der Waals surface area (Å²) in [6.07, 6.45) is -0.561. The number of aromatic nitrogens is 7. The van der Waals surface area contributed by atoms with E-state index in [2.05, 4.69) is 25.1 Å². The maximum atomic E-state index is 13.1. The van der Waals surface area contributed by atoms with E-state index in [-0.39, 0.29) is 24.3 Å². The number of fused-ring (bicyclic) bond motifs is 1. The summed E-state index contributed by atoms with van der Waals surface area (Å²) in [6, 6.07) is 5.32. The zero-order chi connectivity index (χ0) is 24.3. The monoisotopic (exact) mass is 477 g/mol. The summed E-state index contributed by atoms with van der Waals surface area (Å²) in [6.45, 7) is 2.08. The largest absolute Gasteiger partial charge is 0.449 e. The number of hydrogen-bond donors (Lipinski definition) is 1. The van der Waals surface area contributed by atoms with Gasteiger partial charge in [-0.15, -0.1) is 0 Å². The lowest BCUT2D eigenvalue weighted by atomic mass is 10.2. The number of alkyl halides is 3. The fourth-order valence-corrected chi connectivity index (χ4v) is 3.52. The Morgan fingerprint density at radius 2 is 1.85 bits per heavy atom. The Morgan fingerprint density at radius 1 is 1.06 bits per heavy atom. The number of aromatic amines is 1. The van der Waals surface area contributed by atoms with Crippen LogP contribution in [-0.4, -0.2) is 34.2 Å². The summed E-state index contributed by atoms with van der Waals surface area (Å²) in [7, 11) is 0. The quantitative estimate of drug-likeness (QED) is 0.367.